The van der Waals surface area contributed by atoms with E-state index in [9.17, 15) is 14.4 Å². The number of carboxylic acid groups (broad SMARTS) is 1. The smallest absolute Gasteiger partial charge is 0.326 e. The van der Waals surface area contributed by atoms with Crippen LogP contribution < -0.4 is 16.4 Å². The lowest BCUT2D eigenvalue weighted by molar-refractivity contribution is -0.140. The summed E-state index contributed by atoms with van der Waals surface area (Å²) in [7, 11) is 1.33. The first-order valence-electron chi connectivity index (χ1n) is 3.46. The fourth-order valence-corrected chi connectivity index (χ4v) is 0.632. The summed E-state index contributed by atoms with van der Waals surface area (Å²) in [5.74, 6) is -2.09. The lowest BCUT2D eigenvalue weighted by atomic mass is 10.2. The number of hydrogen-bond acceptors (Lipinski definition) is 3. The molecule has 0 aliphatic heterocycles. The Labute approximate surface area is 74.3 Å². The highest BCUT2D eigenvalue weighted by Gasteiger charge is 2.21. The van der Waals surface area contributed by atoms with Gasteiger partial charge in [0.1, 0.15) is 6.04 Å². The minimum Gasteiger partial charge on any atom is -0.480 e. The largest absolute Gasteiger partial charge is 0.480 e. The predicted octanol–water partition coefficient (Wildman–Crippen LogP) is -1.76. The second kappa shape index (κ2) is 4.96. The predicted molar refractivity (Wildman–Crippen MR) is 42.8 cm³/mol. The minimum atomic E-state index is -1.30. The van der Waals surface area contributed by atoms with Crippen LogP contribution in [0, 0.1) is 0 Å². The maximum absolute atomic E-state index is 10.7. The van der Waals surface area contributed by atoms with Crippen molar-refractivity contribution in [2.24, 2.45) is 5.73 Å². The van der Waals surface area contributed by atoms with E-state index in [0.717, 1.165) is 0 Å². The summed E-state index contributed by atoms with van der Waals surface area (Å²) >= 11 is 0. The third kappa shape index (κ3) is 4.62. The average Bonchev–Trinajstić information content (AvgIpc) is 2.02. The number of hydrogen-bond donors (Lipinski definition) is 4. The van der Waals surface area contributed by atoms with Gasteiger partial charge in [0.2, 0.25) is 5.91 Å². The van der Waals surface area contributed by atoms with Crippen LogP contribution in [-0.2, 0) is 9.59 Å². The van der Waals surface area contributed by atoms with Crippen LogP contribution in [0.4, 0.5) is 4.79 Å². The molecule has 0 radical (unpaired) electrons. The first-order valence-corrected chi connectivity index (χ1v) is 3.46. The third-order valence-corrected chi connectivity index (χ3v) is 1.24. The van der Waals surface area contributed by atoms with Crippen molar-refractivity contribution in [3.05, 3.63) is 0 Å². The van der Waals surface area contributed by atoms with Gasteiger partial charge < -0.3 is 21.5 Å². The number of aliphatic carboxylic acids is 1. The van der Waals surface area contributed by atoms with Crippen molar-refractivity contribution in [3.8, 4) is 0 Å². The van der Waals surface area contributed by atoms with Crippen molar-refractivity contribution < 1.29 is 19.5 Å². The zero-order valence-corrected chi connectivity index (χ0v) is 7.03. The van der Waals surface area contributed by atoms with Crippen LogP contribution in [-0.4, -0.2) is 36.1 Å². The van der Waals surface area contributed by atoms with E-state index in [1.54, 1.807) is 0 Å². The Morgan fingerprint density at radius 2 is 2.00 bits per heavy atom. The Morgan fingerprint density at radius 1 is 1.46 bits per heavy atom. The Morgan fingerprint density at radius 3 is 2.31 bits per heavy atom. The maximum Gasteiger partial charge on any atom is 0.326 e. The molecule has 0 aromatic carbocycles. The molecule has 0 spiro atoms. The number of nitrogens with one attached hydrogen (secondary N) is 2. The van der Waals surface area contributed by atoms with E-state index in [1.165, 1.54) is 7.05 Å². The molecule has 0 aliphatic rings. The normalized spacial score (nSPS) is 11.5. The highest BCUT2D eigenvalue weighted by atomic mass is 16.4. The van der Waals surface area contributed by atoms with E-state index in [-0.39, 0.29) is 0 Å². The van der Waals surface area contributed by atoms with Gasteiger partial charge in [-0.1, -0.05) is 0 Å². The quantitative estimate of drug-likeness (QED) is 0.418. The lowest BCUT2D eigenvalue weighted by Crippen LogP contribution is -2.46. The molecule has 5 N–H and O–H groups in total. The van der Waals surface area contributed by atoms with E-state index in [1.807, 2.05) is 5.32 Å². The van der Waals surface area contributed by atoms with Gasteiger partial charge in [0, 0.05) is 7.05 Å². The number of carbonyl (C=O) groups is 3. The minimum absolute atomic E-state index is 0.428. The Balaban J connectivity index is 4.18. The molecule has 7 heteroatoms. The molecule has 13 heavy (non-hydrogen) atoms. The highest BCUT2D eigenvalue weighted by Crippen LogP contribution is 1.90. The summed E-state index contributed by atoms with van der Waals surface area (Å²) in [5, 5.41) is 12.7. The van der Waals surface area contributed by atoms with Gasteiger partial charge in [-0.2, -0.15) is 0 Å². The number of primary amides is 1. The summed E-state index contributed by atoms with van der Waals surface area (Å²) < 4.78 is 0. The molecule has 74 valence electrons. The molecule has 0 saturated heterocycles. The number of carbonyl (C=O) groups excluding carboxylic acids is 2. The molecule has 0 aromatic heterocycles. The van der Waals surface area contributed by atoms with E-state index in [4.69, 9.17) is 10.8 Å². The van der Waals surface area contributed by atoms with E-state index in [2.05, 4.69) is 5.32 Å². The number of urea groups is 1. The summed E-state index contributed by atoms with van der Waals surface area (Å²) in [6, 6.07) is -1.95. The van der Waals surface area contributed by atoms with Crippen LogP contribution in [0.3, 0.4) is 0 Å². The zero-order chi connectivity index (χ0) is 10.4. The molecule has 3 amide bonds. The van der Waals surface area contributed by atoms with Crippen molar-refractivity contribution in [1.29, 1.82) is 0 Å². The van der Waals surface area contributed by atoms with Crippen molar-refractivity contribution in [2.45, 2.75) is 12.5 Å². The summed E-state index contributed by atoms with van der Waals surface area (Å²) in [6.45, 7) is 0. The van der Waals surface area contributed by atoms with Crippen LogP contribution in [0.1, 0.15) is 6.42 Å². The number of amides is 3. The Bertz CT molecular complexity index is 228. The van der Waals surface area contributed by atoms with Crippen molar-refractivity contribution in [1.82, 2.24) is 10.6 Å². The van der Waals surface area contributed by atoms with Crippen molar-refractivity contribution in [2.75, 3.05) is 7.05 Å². The molecule has 0 unspecified atom stereocenters. The van der Waals surface area contributed by atoms with Gasteiger partial charge in [0.05, 0.1) is 6.42 Å². The number of nitrogens with two attached hydrogens (primary N) is 1. The molecule has 0 rings (SSSR count). The molecule has 0 saturated carbocycles. The van der Waals surface area contributed by atoms with Crippen LogP contribution >= 0.6 is 0 Å². The van der Waals surface area contributed by atoms with E-state index >= 15 is 0 Å². The van der Waals surface area contributed by atoms with Gasteiger partial charge in [0.25, 0.3) is 0 Å². The topological polar surface area (TPSA) is 122 Å². The lowest BCUT2D eigenvalue weighted by Gasteiger charge is -2.11. The average molecular weight is 189 g/mol. The molecule has 0 bridgehead atoms. The SMILES string of the molecule is CNC(=O)N[C@H](CC(N)=O)C(=O)O. The number of rotatable bonds is 4. The zero-order valence-electron chi connectivity index (χ0n) is 7.03. The fraction of sp³-hybridized carbons (Fsp3) is 0.500. The van der Waals surface area contributed by atoms with Crippen LogP contribution in [0.25, 0.3) is 0 Å². The third-order valence-electron chi connectivity index (χ3n) is 1.24. The number of carboxylic acids is 1. The summed E-state index contributed by atoms with van der Waals surface area (Å²) in [5.41, 5.74) is 4.77. The van der Waals surface area contributed by atoms with Gasteiger partial charge >= 0.3 is 12.0 Å². The van der Waals surface area contributed by atoms with Gasteiger partial charge in [0.15, 0.2) is 0 Å². The van der Waals surface area contributed by atoms with Gasteiger partial charge in [-0.15, -0.1) is 0 Å². The monoisotopic (exact) mass is 189 g/mol. The van der Waals surface area contributed by atoms with Crippen LogP contribution in [0.2, 0.25) is 0 Å². The molecule has 1 atom stereocenters. The van der Waals surface area contributed by atoms with Crippen LogP contribution in [0.5, 0.6) is 0 Å². The van der Waals surface area contributed by atoms with Gasteiger partial charge in [-0.3, -0.25) is 4.79 Å². The van der Waals surface area contributed by atoms with Crippen molar-refractivity contribution >= 4 is 17.9 Å². The Kier molecular flexibility index (Phi) is 4.28. The second-order valence-electron chi connectivity index (χ2n) is 2.28. The molecule has 0 fully saturated rings. The molecular formula is C6H11N3O4. The molecule has 0 aliphatic carbocycles. The molecule has 0 heterocycles. The fourth-order valence-electron chi connectivity index (χ4n) is 0.632. The highest BCUT2D eigenvalue weighted by molar-refractivity contribution is 5.87. The first-order chi connectivity index (χ1) is 5.97. The van der Waals surface area contributed by atoms with Gasteiger partial charge in [-0.25, -0.2) is 9.59 Å². The Hall–Kier alpha value is -1.79. The van der Waals surface area contributed by atoms with Gasteiger partial charge in [-0.05, 0) is 0 Å². The van der Waals surface area contributed by atoms with Crippen LogP contribution in [0.15, 0.2) is 0 Å². The molecular weight excluding hydrogens is 178 g/mol. The first kappa shape index (κ1) is 11.2. The molecule has 7 nitrogen and oxygen atoms in total. The van der Waals surface area contributed by atoms with Crippen molar-refractivity contribution in [3.63, 3.8) is 0 Å². The maximum atomic E-state index is 10.7. The van der Waals surface area contributed by atoms with E-state index in [0.29, 0.717) is 0 Å². The second-order valence-corrected chi connectivity index (χ2v) is 2.28. The summed E-state index contributed by atoms with van der Waals surface area (Å²) in [4.78, 5) is 31.5. The summed E-state index contributed by atoms with van der Waals surface area (Å²) in [6.07, 6.45) is -0.428. The van der Waals surface area contributed by atoms with E-state index < -0.39 is 30.4 Å². The molecule has 0 aromatic rings. The standard InChI is InChI=1S/C6H11N3O4/c1-8-6(13)9-3(5(11)12)2-4(7)10/h3H,2H2,1H3,(H2,7,10)(H,11,12)(H2,8,9,13)/t3-/m1/s1.